The first-order valence-corrected chi connectivity index (χ1v) is 13.2. The van der Waals surface area contributed by atoms with Gasteiger partial charge in [-0.1, -0.05) is 48.9 Å². The smallest absolute Gasteiger partial charge is 0.312 e. The maximum Gasteiger partial charge on any atom is 0.416 e. The topological polar surface area (TPSA) is 58.2 Å². The van der Waals surface area contributed by atoms with Crippen LogP contribution in [0.2, 0.25) is 0 Å². The Bertz CT molecular complexity index is 1260. The zero-order valence-electron chi connectivity index (χ0n) is 19.5. The molecule has 1 unspecified atom stereocenters. The number of hydrogen-bond acceptors (Lipinski definition) is 3. The zero-order chi connectivity index (χ0) is 25.1. The Labute approximate surface area is 204 Å². The van der Waals surface area contributed by atoms with Crippen molar-refractivity contribution in [1.29, 1.82) is 0 Å². The monoisotopic (exact) mass is 502 g/mol. The second-order valence-electron chi connectivity index (χ2n) is 9.16. The number of nitrogens with one attached hydrogen (secondary N) is 2. The van der Waals surface area contributed by atoms with Gasteiger partial charge >= 0.3 is 6.18 Å². The molecule has 2 atom stereocenters. The summed E-state index contributed by atoms with van der Waals surface area (Å²) in [7, 11) is -3.50. The molecule has 3 aromatic carbocycles. The third-order valence-corrected chi connectivity index (χ3v) is 8.36. The summed E-state index contributed by atoms with van der Waals surface area (Å²) < 4.78 is 68.3. The minimum Gasteiger partial charge on any atom is -0.312 e. The molecule has 3 aromatic rings. The molecule has 0 radical (unpaired) electrons. The number of para-hydroxylation sites is 1. The summed E-state index contributed by atoms with van der Waals surface area (Å²) in [5, 5.41) is 2.90. The van der Waals surface area contributed by atoms with Crippen molar-refractivity contribution in [3.8, 4) is 11.1 Å². The van der Waals surface area contributed by atoms with Crippen molar-refractivity contribution in [3.63, 3.8) is 0 Å². The number of halogens is 3. The summed E-state index contributed by atoms with van der Waals surface area (Å²) >= 11 is 0. The Balaban J connectivity index is 1.40. The highest BCUT2D eigenvalue weighted by molar-refractivity contribution is 7.93. The highest BCUT2D eigenvalue weighted by Gasteiger charge is 2.37. The fourth-order valence-electron chi connectivity index (χ4n) is 4.77. The molecule has 0 spiro atoms. The average molecular weight is 503 g/mol. The molecule has 0 bridgehead atoms. The van der Waals surface area contributed by atoms with Gasteiger partial charge in [-0.25, -0.2) is 8.42 Å². The van der Waals surface area contributed by atoms with Crippen molar-refractivity contribution in [2.45, 2.75) is 44.2 Å². The largest absolute Gasteiger partial charge is 0.416 e. The molecule has 1 fully saturated rings. The van der Waals surface area contributed by atoms with Crippen molar-refractivity contribution >= 4 is 15.7 Å². The van der Waals surface area contributed by atoms with Gasteiger partial charge in [-0.2, -0.15) is 13.2 Å². The second-order valence-corrected chi connectivity index (χ2v) is 11.1. The Kier molecular flexibility index (Phi) is 7.52. The first-order chi connectivity index (χ1) is 16.6. The van der Waals surface area contributed by atoms with E-state index in [9.17, 15) is 21.6 Å². The molecule has 4 rings (SSSR count). The van der Waals surface area contributed by atoms with Crippen LogP contribution >= 0.6 is 0 Å². The molecule has 35 heavy (non-hydrogen) atoms. The molecule has 1 aliphatic rings. The van der Waals surface area contributed by atoms with E-state index >= 15 is 0 Å². The van der Waals surface area contributed by atoms with E-state index in [-0.39, 0.29) is 5.92 Å². The molecule has 186 valence electrons. The van der Waals surface area contributed by atoms with Gasteiger partial charge in [0.15, 0.2) is 0 Å². The van der Waals surface area contributed by atoms with Gasteiger partial charge in [0.05, 0.1) is 10.8 Å². The molecule has 0 aromatic heterocycles. The van der Waals surface area contributed by atoms with E-state index in [0.29, 0.717) is 41.9 Å². The lowest BCUT2D eigenvalue weighted by molar-refractivity contribution is -0.137. The number of aryl methyl sites for hydroxylation is 1. The van der Waals surface area contributed by atoms with E-state index in [1.54, 1.807) is 43.3 Å². The lowest BCUT2D eigenvalue weighted by atomic mass is 9.98. The fraction of sp³-hybridized carbons (Fsp3) is 0.333. The van der Waals surface area contributed by atoms with Crippen LogP contribution in [0.25, 0.3) is 11.1 Å². The lowest BCUT2D eigenvalue weighted by Crippen LogP contribution is -2.36. The summed E-state index contributed by atoms with van der Waals surface area (Å²) in [4.78, 5) is 0. The molecule has 0 saturated heterocycles. The number of alkyl halides is 3. The van der Waals surface area contributed by atoms with Crippen LogP contribution in [0.3, 0.4) is 0 Å². The number of hydrogen-bond donors (Lipinski definition) is 2. The molecular weight excluding hydrogens is 473 g/mol. The number of benzene rings is 3. The predicted octanol–water partition coefficient (Wildman–Crippen LogP) is 6.38. The van der Waals surface area contributed by atoms with Crippen LogP contribution < -0.4 is 10.0 Å². The Morgan fingerprint density at radius 3 is 2.43 bits per heavy atom. The van der Waals surface area contributed by atoms with Crippen LogP contribution in [-0.4, -0.2) is 20.2 Å². The Morgan fingerprint density at radius 2 is 1.69 bits per heavy atom. The molecule has 1 saturated carbocycles. The number of anilines is 1. The molecule has 1 aliphatic carbocycles. The van der Waals surface area contributed by atoms with Crippen molar-refractivity contribution in [3.05, 3.63) is 89.5 Å². The van der Waals surface area contributed by atoms with Gasteiger partial charge in [-0.15, -0.1) is 0 Å². The van der Waals surface area contributed by atoms with Crippen LogP contribution in [0, 0.1) is 12.8 Å². The van der Waals surface area contributed by atoms with Crippen LogP contribution in [0.4, 0.5) is 18.9 Å². The van der Waals surface area contributed by atoms with E-state index in [1.165, 1.54) is 6.07 Å². The summed E-state index contributed by atoms with van der Waals surface area (Å²) in [5.41, 5.74) is 2.62. The first kappa shape index (κ1) is 25.3. The highest BCUT2D eigenvalue weighted by atomic mass is 32.2. The number of rotatable bonds is 8. The zero-order valence-corrected chi connectivity index (χ0v) is 20.3. The minimum absolute atomic E-state index is 0.00879. The van der Waals surface area contributed by atoms with Crippen LogP contribution in [0.15, 0.2) is 72.8 Å². The molecule has 4 nitrogen and oxygen atoms in total. The normalized spacial score (nSPS) is 18.5. The summed E-state index contributed by atoms with van der Waals surface area (Å²) in [5.74, 6) is -0.00879. The van der Waals surface area contributed by atoms with Gasteiger partial charge < -0.3 is 5.32 Å². The van der Waals surface area contributed by atoms with Crippen molar-refractivity contribution < 1.29 is 21.6 Å². The van der Waals surface area contributed by atoms with Crippen molar-refractivity contribution in [2.75, 3.05) is 11.3 Å². The van der Waals surface area contributed by atoms with E-state index < -0.39 is 27.0 Å². The van der Waals surface area contributed by atoms with Gasteiger partial charge in [0.25, 0.3) is 0 Å². The van der Waals surface area contributed by atoms with E-state index in [0.717, 1.165) is 24.5 Å². The average Bonchev–Trinajstić information content (AvgIpc) is 3.28. The molecule has 8 heteroatoms. The van der Waals surface area contributed by atoms with E-state index in [4.69, 9.17) is 0 Å². The minimum atomic E-state index is -4.40. The third-order valence-electron chi connectivity index (χ3n) is 6.42. The summed E-state index contributed by atoms with van der Waals surface area (Å²) in [6.07, 6.45) is -2.08. The molecule has 0 aliphatic heterocycles. The van der Waals surface area contributed by atoms with Crippen LogP contribution in [-0.2, 0) is 22.7 Å². The standard InChI is InChI=1S/C27H29F3N2O2S/c1-19-13-23(16-24(14-19)27(28,29)30)21-8-5-7-20(15-21)17-31-18-22-9-6-12-26(22)35(33,34)32-25-10-3-2-4-11-25/h2-5,7-8,10-11,13-16,22,26,31-32H,6,9,12,17-18H2,1H3/t22-,26?/m0/s1. The first-order valence-electron chi connectivity index (χ1n) is 11.7. The molecule has 0 amide bonds. The van der Waals surface area contributed by atoms with Gasteiger partial charge in [0.1, 0.15) is 0 Å². The number of sulfonamides is 1. The molecule has 0 heterocycles. The summed E-state index contributed by atoms with van der Waals surface area (Å²) in [6, 6.07) is 20.4. The van der Waals surface area contributed by atoms with E-state index in [2.05, 4.69) is 10.0 Å². The Morgan fingerprint density at radius 1 is 0.914 bits per heavy atom. The molecule has 2 N–H and O–H groups in total. The summed E-state index contributed by atoms with van der Waals surface area (Å²) in [6.45, 7) is 2.71. The Hall–Kier alpha value is -2.84. The van der Waals surface area contributed by atoms with Gasteiger partial charge in [-0.3, -0.25) is 4.72 Å². The maximum absolute atomic E-state index is 13.2. The second kappa shape index (κ2) is 10.4. The van der Waals surface area contributed by atoms with Crippen LogP contribution in [0.5, 0.6) is 0 Å². The predicted molar refractivity (Wildman–Crippen MR) is 133 cm³/mol. The lowest BCUT2D eigenvalue weighted by Gasteiger charge is -2.21. The third kappa shape index (κ3) is 6.44. The van der Waals surface area contributed by atoms with Crippen molar-refractivity contribution in [1.82, 2.24) is 5.32 Å². The maximum atomic E-state index is 13.2. The molecular formula is C27H29F3N2O2S. The SMILES string of the molecule is Cc1cc(-c2cccc(CNC[C@@H]3CCCC3S(=O)(=O)Nc3ccccc3)c2)cc(C(F)(F)F)c1. The van der Waals surface area contributed by atoms with E-state index in [1.807, 2.05) is 24.3 Å². The van der Waals surface area contributed by atoms with Crippen molar-refractivity contribution in [2.24, 2.45) is 5.92 Å². The quantitative estimate of drug-likeness (QED) is 0.376. The fourth-order valence-corrected chi connectivity index (χ4v) is 6.60. The van der Waals surface area contributed by atoms with Gasteiger partial charge in [0, 0.05) is 12.2 Å². The van der Waals surface area contributed by atoms with Gasteiger partial charge in [-0.05, 0) is 84.8 Å². The highest BCUT2D eigenvalue weighted by Crippen LogP contribution is 2.34. The van der Waals surface area contributed by atoms with Crippen LogP contribution in [0.1, 0.15) is 36.0 Å². The van der Waals surface area contributed by atoms with Gasteiger partial charge in [0.2, 0.25) is 10.0 Å².